The fraction of sp³-hybridized carbons (Fsp3) is 0.500. The van der Waals surface area contributed by atoms with E-state index in [1.807, 2.05) is 0 Å². The smallest absolute Gasteiger partial charge is 0.233 e. The summed E-state index contributed by atoms with van der Waals surface area (Å²) in [5, 5.41) is 7.69. The summed E-state index contributed by atoms with van der Waals surface area (Å²) in [6.45, 7) is 0.624. The summed E-state index contributed by atoms with van der Waals surface area (Å²) in [6.07, 6.45) is 6.54. The number of aromatic nitrogens is 1. The van der Waals surface area contributed by atoms with E-state index in [1.54, 1.807) is 12.3 Å². The lowest BCUT2D eigenvalue weighted by atomic mass is 9.83. The van der Waals surface area contributed by atoms with Gasteiger partial charge in [0.2, 0.25) is 5.88 Å². The number of hydrogen-bond acceptors (Lipinski definition) is 3. The van der Waals surface area contributed by atoms with Crippen molar-refractivity contribution in [3.05, 3.63) is 22.8 Å². The Kier molecular flexibility index (Phi) is 3.84. The third-order valence-corrected chi connectivity index (χ3v) is 3.50. The SMILES string of the molecule is N=C(N)c1ccnc(OCCC2CCC2)c1Cl. The van der Waals surface area contributed by atoms with Gasteiger partial charge in [-0.1, -0.05) is 30.9 Å². The second-order valence-corrected chi connectivity index (χ2v) is 4.70. The van der Waals surface area contributed by atoms with E-state index in [4.69, 9.17) is 27.5 Å². The van der Waals surface area contributed by atoms with E-state index in [2.05, 4.69) is 4.98 Å². The second-order valence-electron chi connectivity index (χ2n) is 4.33. The maximum atomic E-state index is 7.37. The van der Waals surface area contributed by atoms with Gasteiger partial charge < -0.3 is 10.5 Å². The average Bonchev–Trinajstić information content (AvgIpc) is 2.23. The van der Waals surface area contributed by atoms with Crippen molar-refractivity contribution in [1.82, 2.24) is 4.98 Å². The number of nitrogens with zero attached hydrogens (tertiary/aromatic N) is 1. The summed E-state index contributed by atoms with van der Waals surface area (Å²) in [7, 11) is 0. The predicted molar refractivity (Wildman–Crippen MR) is 67.7 cm³/mol. The van der Waals surface area contributed by atoms with Crippen LogP contribution in [0.1, 0.15) is 31.2 Å². The van der Waals surface area contributed by atoms with Gasteiger partial charge in [0.1, 0.15) is 10.9 Å². The zero-order chi connectivity index (χ0) is 12.3. The Balaban J connectivity index is 1.95. The molecule has 1 aromatic heterocycles. The molecule has 1 saturated carbocycles. The summed E-state index contributed by atoms with van der Waals surface area (Å²) < 4.78 is 5.54. The van der Waals surface area contributed by atoms with Crippen molar-refractivity contribution in [2.24, 2.45) is 11.7 Å². The van der Waals surface area contributed by atoms with Crippen LogP contribution < -0.4 is 10.5 Å². The quantitative estimate of drug-likeness (QED) is 0.626. The van der Waals surface area contributed by atoms with Crippen molar-refractivity contribution in [1.29, 1.82) is 5.41 Å². The molecule has 92 valence electrons. The molecule has 0 aromatic carbocycles. The van der Waals surface area contributed by atoms with E-state index in [1.165, 1.54) is 19.3 Å². The Hall–Kier alpha value is -1.29. The van der Waals surface area contributed by atoms with Crippen LogP contribution >= 0.6 is 11.6 Å². The van der Waals surface area contributed by atoms with Crippen molar-refractivity contribution >= 4 is 17.4 Å². The lowest BCUT2D eigenvalue weighted by molar-refractivity contribution is 0.217. The van der Waals surface area contributed by atoms with E-state index in [0.717, 1.165) is 12.3 Å². The normalized spacial score (nSPS) is 15.4. The predicted octanol–water partition coefficient (Wildman–Crippen LogP) is 2.59. The fourth-order valence-corrected chi connectivity index (χ4v) is 2.11. The first-order valence-electron chi connectivity index (χ1n) is 5.80. The molecule has 0 unspecified atom stereocenters. The molecule has 0 atom stereocenters. The van der Waals surface area contributed by atoms with Crippen molar-refractivity contribution in [2.75, 3.05) is 6.61 Å². The Bertz CT molecular complexity index is 418. The summed E-state index contributed by atoms with van der Waals surface area (Å²) in [5.74, 6) is 1.10. The number of nitrogen functional groups attached to an aromatic ring is 1. The van der Waals surface area contributed by atoms with E-state index >= 15 is 0 Å². The van der Waals surface area contributed by atoms with Crippen molar-refractivity contribution in [2.45, 2.75) is 25.7 Å². The maximum absolute atomic E-state index is 7.37. The Morgan fingerprint density at radius 2 is 2.35 bits per heavy atom. The molecule has 17 heavy (non-hydrogen) atoms. The standard InChI is InChI=1S/C12H16ClN3O/c13-10-9(11(14)15)4-6-16-12(10)17-7-5-8-2-1-3-8/h4,6,8H,1-3,5,7H2,(H3,14,15). The maximum Gasteiger partial charge on any atom is 0.233 e. The molecule has 1 heterocycles. The average molecular weight is 254 g/mol. The van der Waals surface area contributed by atoms with Gasteiger partial charge in [-0.3, -0.25) is 5.41 Å². The van der Waals surface area contributed by atoms with Gasteiger partial charge >= 0.3 is 0 Å². The molecule has 3 N–H and O–H groups in total. The van der Waals surface area contributed by atoms with E-state index in [-0.39, 0.29) is 5.84 Å². The molecule has 0 amide bonds. The highest BCUT2D eigenvalue weighted by atomic mass is 35.5. The van der Waals surface area contributed by atoms with Crippen molar-refractivity contribution in [3.8, 4) is 5.88 Å². The largest absolute Gasteiger partial charge is 0.477 e. The first-order valence-corrected chi connectivity index (χ1v) is 6.18. The minimum atomic E-state index is -0.0683. The number of nitrogens with one attached hydrogen (secondary N) is 1. The molecule has 5 heteroatoms. The number of pyridine rings is 1. The Morgan fingerprint density at radius 1 is 1.59 bits per heavy atom. The highest BCUT2D eigenvalue weighted by Crippen LogP contribution is 2.30. The van der Waals surface area contributed by atoms with E-state index in [0.29, 0.717) is 23.1 Å². The molecule has 2 rings (SSSR count). The molecule has 0 saturated heterocycles. The topological polar surface area (TPSA) is 72.0 Å². The highest BCUT2D eigenvalue weighted by molar-refractivity contribution is 6.35. The number of amidine groups is 1. The number of nitrogens with two attached hydrogens (primary N) is 1. The van der Waals surface area contributed by atoms with Crippen LogP contribution in [-0.2, 0) is 0 Å². The molecular weight excluding hydrogens is 238 g/mol. The second kappa shape index (κ2) is 5.36. The zero-order valence-electron chi connectivity index (χ0n) is 9.58. The molecular formula is C12H16ClN3O. The first kappa shape index (κ1) is 12.2. The van der Waals surface area contributed by atoms with Crippen molar-refractivity contribution in [3.63, 3.8) is 0 Å². The van der Waals surface area contributed by atoms with Gasteiger partial charge in [-0.25, -0.2) is 4.98 Å². The summed E-state index contributed by atoms with van der Waals surface area (Å²) in [5.41, 5.74) is 5.88. The summed E-state index contributed by atoms with van der Waals surface area (Å²) in [6, 6.07) is 1.61. The van der Waals surface area contributed by atoms with Gasteiger partial charge in [0.05, 0.1) is 6.61 Å². The summed E-state index contributed by atoms with van der Waals surface area (Å²) >= 11 is 6.06. The Morgan fingerprint density at radius 3 is 2.94 bits per heavy atom. The lowest BCUT2D eigenvalue weighted by Gasteiger charge is -2.24. The molecule has 0 spiro atoms. The number of rotatable bonds is 5. The fourth-order valence-electron chi connectivity index (χ4n) is 1.84. The van der Waals surface area contributed by atoms with Crippen LogP contribution in [0, 0.1) is 11.3 Å². The van der Waals surface area contributed by atoms with Crippen LogP contribution in [0.25, 0.3) is 0 Å². The van der Waals surface area contributed by atoms with Crippen LogP contribution in [0.2, 0.25) is 5.02 Å². The molecule has 0 radical (unpaired) electrons. The number of halogens is 1. The van der Waals surface area contributed by atoms with Gasteiger partial charge in [0, 0.05) is 11.8 Å². The van der Waals surface area contributed by atoms with Gasteiger partial charge in [0.15, 0.2) is 0 Å². The van der Waals surface area contributed by atoms with Gasteiger partial charge in [-0.2, -0.15) is 0 Å². The molecule has 1 aromatic rings. The van der Waals surface area contributed by atoms with Crippen LogP contribution in [-0.4, -0.2) is 17.4 Å². The van der Waals surface area contributed by atoms with E-state index < -0.39 is 0 Å². The van der Waals surface area contributed by atoms with Crippen LogP contribution in [0.15, 0.2) is 12.3 Å². The number of ether oxygens (including phenoxy) is 1. The zero-order valence-corrected chi connectivity index (χ0v) is 10.3. The minimum Gasteiger partial charge on any atom is -0.477 e. The monoisotopic (exact) mass is 253 g/mol. The highest BCUT2D eigenvalue weighted by Gasteiger charge is 2.17. The van der Waals surface area contributed by atoms with Crippen LogP contribution in [0.5, 0.6) is 5.88 Å². The minimum absolute atomic E-state index is 0.0683. The molecule has 0 bridgehead atoms. The Labute approximate surface area is 106 Å². The molecule has 0 aliphatic heterocycles. The third-order valence-electron chi connectivity index (χ3n) is 3.14. The van der Waals surface area contributed by atoms with Crippen LogP contribution in [0.4, 0.5) is 0 Å². The molecule has 4 nitrogen and oxygen atoms in total. The first-order chi connectivity index (χ1) is 8.18. The van der Waals surface area contributed by atoms with E-state index in [9.17, 15) is 0 Å². The van der Waals surface area contributed by atoms with Gasteiger partial charge in [-0.15, -0.1) is 0 Å². The van der Waals surface area contributed by atoms with Crippen LogP contribution in [0.3, 0.4) is 0 Å². The number of hydrogen-bond donors (Lipinski definition) is 2. The summed E-state index contributed by atoms with van der Waals surface area (Å²) in [4.78, 5) is 4.06. The molecule has 1 fully saturated rings. The van der Waals surface area contributed by atoms with Gasteiger partial charge in [-0.05, 0) is 18.4 Å². The lowest BCUT2D eigenvalue weighted by Crippen LogP contribution is -2.16. The van der Waals surface area contributed by atoms with Gasteiger partial charge in [0.25, 0.3) is 0 Å². The third kappa shape index (κ3) is 2.88. The molecule has 1 aliphatic rings. The van der Waals surface area contributed by atoms with Crippen molar-refractivity contribution < 1.29 is 4.74 Å². The molecule has 1 aliphatic carbocycles.